The Labute approximate surface area is 196 Å². The molecule has 1 aliphatic rings. The van der Waals surface area contributed by atoms with E-state index in [1.807, 2.05) is 0 Å². The number of benzene rings is 2. The van der Waals surface area contributed by atoms with Gasteiger partial charge in [0.2, 0.25) is 10.0 Å². The minimum Gasteiger partial charge on any atom is -0.377 e. The average Bonchev–Trinajstić information content (AvgIpc) is 2.77. The van der Waals surface area contributed by atoms with Crippen molar-refractivity contribution in [3.8, 4) is 0 Å². The molecule has 3 rings (SSSR count). The zero-order chi connectivity index (χ0) is 25.9. The van der Waals surface area contributed by atoms with E-state index < -0.39 is 45.4 Å². The lowest BCUT2D eigenvalue weighted by molar-refractivity contribution is -0.137. The Bertz CT molecular complexity index is 1230. The predicted molar refractivity (Wildman–Crippen MR) is 115 cm³/mol. The molecule has 7 nitrogen and oxygen atoms in total. The Kier molecular flexibility index (Phi) is 7.77. The van der Waals surface area contributed by atoms with Crippen molar-refractivity contribution in [3.63, 3.8) is 0 Å². The molecule has 0 saturated carbocycles. The lowest BCUT2D eigenvalue weighted by atomic mass is 10.00. The molecule has 0 bridgehead atoms. The molecule has 35 heavy (non-hydrogen) atoms. The molecule has 3 N–H and O–H groups in total. The molecule has 2 aromatic carbocycles. The van der Waals surface area contributed by atoms with E-state index in [0.29, 0.717) is 30.2 Å². The summed E-state index contributed by atoms with van der Waals surface area (Å²) in [5.41, 5.74) is -0.190. The number of rotatable bonds is 6. The highest BCUT2D eigenvalue weighted by molar-refractivity contribution is 7.89. The first-order chi connectivity index (χ1) is 16.2. The van der Waals surface area contributed by atoms with Gasteiger partial charge in [0, 0.05) is 11.3 Å². The van der Waals surface area contributed by atoms with Crippen LogP contribution in [-0.2, 0) is 20.9 Å². The lowest BCUT2D eigenvalue weighted by Crippen LogP contribution is -2.33. The maximum atomic E-state index is 12.9. The van der Waals surface area contributed by atoms with Crippen molar-refractivity contribution < 1.29 is 44.3 Å². The van der Waals surface area contributed by atoms with Gasteiger partial charge in [-0.15, -0.1) is 0 Å². The van der Waals surface area contributed by atoms with Crippen LogP contribution >= 0.6 is 0 Å². The Hall–Kier alpha value is -3.10. The van der Waals surface area contributed by atoms with E-state index in [1.54, 1.807) is 6.08 Å². The minimum atomic E-state index is -4.79. The fraction of sp³-hybridized carbons (Fsp3) is 0.286. The second-order valence-corrected chi connectivity index (χ2v) is 9.13. The van der Waals surface area contributed by atoms with Crippen LogP contribution in [0.15, 0.2) is 53.4 Å². The SMILES string of the molecule is O=C(Nc1cccc(C(F)(F)F)c1)Nc1cc(S(=O)(=O)NCC(F)(F)F)ccc1C1=CCOCC1. The Morgan fingerprint density at radius 3 is 2.37 bits per heavy atom. The van der Waals surface area contributed by atoms with Crippen molar-refractivity contribution in [2.24, 2.45) is 0 Å². The van der Waals surface area contributed by atoms with E-state index in [4.69, 9.17) is 4.74 Å². The summed E-state index contributed by atoms with van der Waals surface area (Å²) in [6.45, 7) is -1.20. The third kappa shape index (κ3) is 7.44. The molecule has 190 valence electrons. The van der Waals surface area contributed by atoms with Crippen molar-refractivity contribution in [1.29, 1.82) is 0 Å². The number of halogens is 6. The van der Waals surface area contributed by atoms with Crippen molar-refractivity contribution >= 4 is 33.0 Å². The van der Waals surface area contributed by atoms with Crippen LogP contribution in [0.5, 0.6) is 0 Å². The average molecular weight is 523 g/mol. The summed E-state index contributed by atoms with van der Waals surface area (Å²) in [5, 5.41) is 4.60. The molecule has 0 unspecified atom stereocenters. The number of sulfonamides is 1. The van der Waals surface area contributed by atoms with E-state index in [0.717, 1.165) is 24.3 Å². The van der Waals surface area contributed by atoms with Crippen molar-refractivity contribution in [3.05, 3.63) is 59.7 Å². The second-order valence-electron chi connectivity index (χ2n) is 7.36. The first kappa shape index (κ1) is 26.5. The smallest absolute Gasteiger partial charge is 0.377 e. The normalized spacial score (nSPS) is 14.9. The van der Waals surface area contributed by atoms with E-state index in [-0.39, 0.29) is 18.0 Å². The molecule has 0 spiro atoms. The van der Waals surface area contributed by atoms with Gasteiger partial charge in [-0.1, -0.05) is 18.2 Å². The number of alkyl halides is 6. The van der Waals surface area contributed by atoms with Gasteiger partial charge < -0.3 is 15.4 Å². The summed E-state index contributed by atoms with van der Waals surface area (Å²) in [6.07, 6.45) is -7.33. The molecule has 0 radical (unpaired) electrons. The van der Waals surface area contributed by atoms with Crippen LogP contribution in [0.2, 0.25) is 0 Å². The van der Waals surface area contributed by atoms with Gasteiger partial charge in [-0.3, -0.25) is 0 Å². The van der Waals surface area contributed by atoms with Gasteiger partial charge in [-0.25, -0.2) is 17.9 Å². The lowest BCUT2D eigenvalue weighted by Gasteiger charge is -2.19. The Morgan fingerprint density at radius 2 is 1.74 bits per heavy atom. The first-order valence-electron chi connectivity index (χ1n) is 9.97. The van der Waals surface area contributed by atoms with Gasteiger partial charge in [-0.05, 0) is 42.3 Å². The van der Waals surface area contributed by atoms with Crippen LogP contribution in [0.1, 0.15) is 17.5 Å². The number of urea groups is 1. The number of hydrogen-bond acceptors (Lipinski definition) is 4. The molecule has 14 heteroatoms. The van der Waals surface area contributed by atoms with Crippen LogP contribution in [0.25, 0.3) is 5.57 Å². The maximum Gasteiger partial charge on any atom is 0.416 e. The van der Waals surface area contributed by atoms with E-state index >= 15 is 0 Å². The number of carbonyl (C=O) groups is 1. The number of ether oxygens (including phenoxy) is 1. The van der Waals surface area contributed by atoms with Crippen LogP contribution in [0, 0.1) is 0 Å². The topological polar surface area (TPSA) is 96.5 Å². The molecule has 0 atom stereocenters. The van der Waals surface area contributed by atoms with Gasteiger partial charge in [-0.2, -0.15) is 26.3 Å². The van der Waals surface area contributed by atoms with Crippen molar-refractivity contribution in [2.75, 3.05) is 30.4 Å². The molecule has 2 aromatic rings. The standard InChI is InChI=1S/C21H19F6N3O4S/c22-20(23,24)12-28-35(32,33)16-4-5-17(13-6-8-34-9-7-13)18(11-16)30-19(31)29-15-3-1-2-14(10-15)21(25,26)27/h1-6,10-11,28H,7-9,12H2,(H2,29,30,31). The third-order valence-corrected chi connectivity index (χ3v) is 6.17. The van der Waals surface area contributed by atoms with E-state index in [1.165, 1.54) is 16.9 Å². The van der Waals surface area contributed by atoms with Gasteiger partial charge in [0.25, 0.3) is 0 Å². The quantitative estimate of drug-likeness (QED) is 0.465. The highest BCUT2D eigenvalue weighted by Crippen LogP contribution is 2.32. The Morgan fingerprint density at radius 1 is 1.00 bits per heavy atom. The van der Waals surface area contributed by atoms with Gasteiger partial charge in [0.1, 0.15) is 6.54 Å². The molecule has 1 aliphatic heterocycles. The molecule has 0 saturated heterocycles. The summed E-state index contributed by atoms with van der Waals surface area (Å²) in [5.74, 6) is 0. The second kappa shape index (κ2) is 10.3. The van der Waals surface area contributed by atoms with Crippen LogP contribution in [-0.4, -0.2) is 40.4 Å². The zero-order valence-corrected chi connectivity index (χ0v) is 18.6. The summed E-state index contributed by atoms with van der Waals surface area (Å²) in [4.78, 5) is 12.0. The third-order valence-electron chi connectivity index (χ3n) is 4.77. The molecule has 1 heterocycles. The van der Waals surface area contributed by atoms with Crippen LogP contribution in [0.3, 0.4) is 0 Å². The molecular weight excluding hydrogens is 504 g/mol. The summed E-state index contributed by atoms with van der Waals surface area (Å²) >= 11 is 0. The molecule has 0 fully saturated rings. The molecule has 0 aromatic heterocycles. The van der Waals surface area contributed by atoms with E-state index in [2.05, 4.69) is 10.6 Å². The number of carbonyl (C=O) groups excluding carboxylic acids is 1. The number of amides is 2. The molecular formula is C21H19F6N3O4S. The van der Waals surface area contributed by atoms with Gasteiger partial charge in [0.15, 0.2) is 0 Å². The fourth-order valence-corrected chi connectivity index (χ4v) is 4.20. The van der Waals surface area contributed by atoms with Crippen LogP contribution in [0.4, 0.5) is 42.5 Å². The molecule has 2 amide bonds. The summed E-state index contributed by atoms with van der Waals surface area (Å²) in [6, 6.07) is 6.23. The highest BCUT2D eigenvalue weighted by atomic mass is 32.2. The molecule has 0 aliphatic carbocycles. The number of hydrogen-bond donors (Lipinski definition) is 3. The first-order valence-corrected chi connectivity index (χ1v) is 11.5. The van der Waals surface area contributed by atoms with Crippen molar-refractivity contribution in [2.45, 2.75) is 23.7 Å². The predicted octanol–water partition coefficient (Wildman–Crippen LogP) is 4.99. The Balaban J connectivity index is 1.90. The number of nitrogens with one attached hydrogen (secondary N) is 3. The maximum absolute atomic E-state index is 12.9. The fourth-order valence-electron chi connectivity index (χ4n) is 3.16. The summed E-state index contributed by atoms with van der Waals surface area (Å²) in [7, 11) is -4.59. The van der Waals surface area contributed by atoms with E-state index in [9.17, 15) is 39.6 Å². The van der Waals surface area contributed by atoms with Crippen molar-refractivity contribution in [1.82, 2.24) is 4.72 Å². The van der Waals surface area contributed by atoms with Gasteiger partial charge >= 0.3 is 18.4 Å². The zero-order valence-electron chi connectivity index (χ0n) is 17.8. The monoisotopic (exact) mass is 523 g/mol. The number of anilines is 2. The largest absolute Gasteiger partial charge is 0.416 e. The van der Waals surface area contributed by atoms with Crippen LogP contribution < -0.4 is 15.4 Å². The summed E-state index contributed by atoms with van der Waals surface area (Å²) < 4.78 is 108. The minimum absolute atomic E-state index is 0.0718. The van der Waals surface area contributed by atoms with Gasteiger partial charge in [0.05, 0.1) is 29.4 Å². The highest BCUT2D eigenvalue weighted by Gasteiger charge is 2.31.